The van der Waals surface area contributed by atoms with Gasteiger partial charge in [-0.2, -0.15) is 0 Å². The lowest BCUT2D eigenvalue weighted by Crippen LogP contribution is -2.45. The lowest BCUT2D eigenvalue weighted by Gasteiger charge is -2.32. The molecular formula is C68H107N9O5. The van der Waals surface area contributed by atoms with Crippen molar-refractivity contribution in [3.63, 3.8) is 0 Å². The molecule has 3 aliphatic rings. The molecule has 0 unspecified atom stereocenters. The first-order chi connectivity index (χ1) is 39.4. The van der Waals surface area contributed by atoms with Gasteiger partial charge in [0, 0.05) is 93.7 Å². The van der Waals surface area contributed by atoms with Crippen LogP contribution in [0.1, 0.15) is 195 Å². The van der Waals surface area contributed by atoms with Crippen LogP contribution in [-0.4, -0.2) is 174 Å². The quantitative estimate of drug-likeness (QED) is 0.0406. The maximum atomic E-state index is 12.1. The Morgan fingerprint density at radius 2 is 0.659 bits per heavy atom. The molecule has 5 N–H and O–H groups in total. The summed E-state index contributed by atoms with van der Waals surface area (Å²) in [6.45, 7) is 39.3. The molecule has 4 aromatic rings. The van der Waals surface area contributed by atoms with Gasteiger partial charge in [0.25, 0.3) is 23.6 Å². The SMILES string of the molecule is CC(C)NCCCNC(=O)c1ccc(C(C)C)cc1.CC(C)c1ccc(C(=O)NCCCN2CCCC2)cc1.CC(C)c1ccc(C(=O)NCCCN2CCN(C)CC2)cc1.CC(C)c1ccc(C(=O)NCCCN2CCOCC2)cc1. The molecule has 3 aliphatic heterocycles. The van der Waals surface area contributed by atoms with Crippen LogP contribution < -0.4 is 26.6 Å². The molecule has 3 heterocycles. The Labute approximate surface area is 495 Å². The number of likely N-dealkylation sites (tertiary alicyclic amines) is 1. The predicted octanol–water partition coefficient (Wildman–Crippen LogP) is 10.4. The van der Waals surface area contributed by atoms with Crippen molar-refractivity contribution in [2.45, 2.75) is 137 Å². The minimum absolute atomic E-state index is 0.0138. The second-order valence-corrected chi connectivity index (χ2v) is 23.8. The molecule has 4 amide bonds. The molecule has 0 radical (unpaired) electrons. The van der Waals surface area contributed by atoms with Crippen molar-refractivity contribution in [3.05, 3.63) is 142 Å². The van der Waals surface area contributed by atoms with E-state index in [-0.39, 0.29) is 23.6 Å². The number of piperazine rings is 1. The number of nitrogens with zero attached hydrogens (tertiary/aromatic N) is 4. The maximum absolute atomic E-state index is 12.1. The molecule has 3 fully saturated rings. The summed E-state index contributed by atoms with van der Waals surface area (Å²) in [6.07, 6.45) is 6.64. The lowest BCUT2D eigenvalue weighted by atomic mass is 10.0. The molecule has 0 aliphatic carbocycles. The molecule has 0 saturated carbocycles. The summed E-state index contributed by atoms with van der Waals surface area (Å²) in [7, 11) is 2.17. The third-order valence-corrected chi connectivity index (χ3v) is 15.3. The second kappa shape index (κ2) is 39.1. The highest BCUT2D eigenvalue weighted by Gasteiger charge is 2.15. The number of carbonyl (C=O) groups is 4. The Bertz CT molecular complexity index is 2370. The van der Waals surface area contributed by atoms with E-state index in [1.165, 1.54) is 48.2 Å². The molecule has 14 heteroatoms. The summed E-state index contributed by atoms with van der Waals surface area (Å²) < 4.78 is 5.32. The first-order valence-corrected chi connectivity index (χ1v) is 31.1. The highest BCUT2D eigenvalue weighted by atomic mass is 16.5. The van der Waals surface area contributed by atoms with Crippen molar-refractivity contribution < 1.29 is 23.9 Å². The number of hydrogen-bond acceptors (Lipinski definition) is 10. The van der Waals surface area contributed by atoms with Gasteiger partial charge in [0.15, 0.2) is 0 Å². The van der Waals surface area contributed by atoms with Gasteiger partial charge in [0.2, 0.25) is 0 Å². The van der Waals surface area contributed by atoms with E-state index in [1.807, 2.05) is 97.1 Å². The van der Waals surface area contributed by atoms with Gasteiger partial charge < -0.3 is 46.0 Å². The molecule has 0 atom stereocenters. The van der Waals surface area contributed by atoms with Crippen molar-refractivity contribution in [3.8, 4) is 0 Å². The van der Waals surface area contributed by atoms with E-state index >= 15 is 0 Å². The molecular weight excluding hydrogens is 1020 g/mol. The molecule has 0 aromatic heterocycles. The highest BCUT2D eigenvalue weighted by Crippen LogP contribution is 2.18. The van der Waals surface area contributed by atoms with E-state index in [4.69, 9.17) is 4.74 Å². The zero-order valence-corrected chi connectivity index (χ0v) is 52.4. The van der Waals surface area contributed by atoms with Crippen LogP contribution in [0, 0.1) is 0 Å². The Balaban J connectivity index is 0.000000235. The first-order valence-electron chi connectivity index (χ1n) is 31.1. The number of amides is 4. The average Bonchev–Trinajstić information content (AvgIpc) is 4.02. The van der Waals surface area contributed by atoms with Crippen LogP contribution >= 0.6 is 0 Å². The fraction of sp³-hybridized carbons (Fsp3) is 0.588. The smallest absolute Gasteiger partial charge is 0.251 e. The third kappa shape index (κ3) is 27.7. The van der Waals surface area contributed by atoms with Crippen molar-refractivity contribution >= 4 is 23.6 Å². The Hall–Kier alpha value is -5.48. The monoisotopic (exact) mass is 1130 g/mol. The topological polar surface area (TPSA) is 151 Å². The van der Waals surface area contributed by atoms with Gasteiger partial charge in [0.1, 0.15) is 0 Å². The Kier molecular flexibility index (Phi) is 32.9. The van der Waals surface area contributed by atoms with Gasteiger partial charge in [-0.3, -0.25) is 24.1 Å². The number of ether oxygens (including phenoxy) is 1. The van der Waals surface area contributed by atoms with Crippen molar-refractivity contribution in [1.82, 2.24) is 46.2 Å². The van der Waals surface area contributed by atoms with E-state index in [2.05, 4.69) is 122 Å². The van der Waals surface area contributed by atoms with Crippen LogP contribution in [0.4, 0.5) is 0 Å². The number of morpholine rings is 1. The molecule has 7 rings (SSSR count). The average molecular weight is 1130 g/mol. The number of carbonyl (C=O) groups excluding carboxylic acids is 4. The number of hydrogen-bond donors (Lipinski definition) is 5. The Morgan fingerprint density at radius 3 is 0.951 bits per heavy atom. The van der Waals surface area contributed by atoms with Gasteiger partial charge in [-0.15, -0.1) is 0 Å². The molecule has 454 valence electrons. The molecule has 4 aromatic carbocycles. The summed E-state index contributed by atoms with van der Waals surface area (Å²) >= 11 is 0. The molecule has 0 spiro atoms. The fourth-order valence-electron chi connectivity index (χ4n) is 9.58. The number of benzene rings is 4. The van der Waals surface area contributed by atoms with Gasteiger partial charge in [-0.05, 0) is 179 Å². The van der Waals surface area contributed by atoms with Crippen LogP contribution in [0.25, 0.3) is 0 Å². The normalized spacial score (nSPS) is 15.1. The lowest BCUT2D eigenvalue weighted by molar-refractivity contribution is 0.0374. The van der Waals surface area contributed by atoms with Crippen molar-refractivity contribution in [2.24, 2.45) is 0 Å². The van der Waals surface area contributed by atoms with E-state index < -0.39 is 0 Å². The van der Waals surface area contributed by atoms with Gasteiger partial charge in [-0.25, -0.2) is 0 Å². The second-order valence-electron chi connectivity index (χ2n) is 23.8. The minimum Gasteiger partial charge on any atom is -0.379 e. The summed E-state index contributed by atoms with van der Waals surface area (Å²) in [5, 5.41) is 15.3. The summed E-state index contributed by atoms with van der Waals surface area (Å²) in [5.41, 5.74) is 8.06. The minimum atomic E-state index is 0.0138. The van der Waals surface area contributed by atoms with Crippen LogP contribution in [-0.2, 0) is 4.74 Å². The highest BCUT2D eigenvalue weighted by molar-refractivity contribution is 5.95. The standard InChI is InChI=1S/C18H29N3O.C17H26N2O2.C17H26N2O.C16H26N2O/c1-15(2)16-5-7-17(8-6-16)18(22)19-9-4-10-21-13-11-20(3)12-14-21;1-14(2)15-4-6-16(7-5-15)17(20)18-8-3-9-19-10-12-21-13-11-19;1-14(2)15-6-8-16(9-7-15)17(20)18-10-5-13-19-11-3-4-12-19;1-12(2)14-6-8-15(9-7-14)16(19)18-11-5-10-17-13(3)4/h5-8,15H,4,9-14H2,1-3H3,(H,19,22);4-7,14H,3,8-13H2,1-2H3,(H,18,20);6-9,14H,3-5,10-13H2,1-2H3,(H,18,20);6-9,12-13,17H,5,10-11H2,1-4H3,(H,18,19). The number of rotatable bonds is 25. The van der Waals surface area contributed by atoms with E-state index in [1.54, 1.807) is 0 Å². The van der Waals surface area contributed by atoms with Crippen LogP contribution in [0.3, 0.4) is 0 Å². The van der Waals surface area contributed by atoms with E-state index in [9.17, 15) is 19.2 Å². The predicted molar refractivity (Wildman–Crippen MR) is 340 cm³/mol. The fourth-order valence-corrected chi connectivity index (χ4v) is 9.58. The van der Waals surface area contributed by atoms with Crippen LogP contribution in [0.2, 0.25) is 0 Å². The third-order valence-electron chi connectivity index (χ3n) is 15.3. The van der Waals surface area contributed by atoms with Crippen LogP contribution in [0.5, 0.6) is 0 Å². The van der Waals surface area contributed by atoms with Crippen LogP contribution in [0.15, 0.2) is 97.1 Å². The van der Waals surface area contributed by atoms with E-state index in [0.29, 0.717) is 36.3 Å². The molecule has 14 nitrogen and oxygen atoms in total. The zero-order valence-electron chi connectivity index (χ0n) is 52.4. The summed E-state index contributed by atoms with van der Waals surface area (Å²) in [5.74, 6) is 2.12. The number of nitrogens with one attached hydrogen (secondary N) is 5. The van der Waals surface area contributed by atoms with Crippen molar-refractivity contribution in [2.75, 3.05) is 125 Å². The first kappa shape index (κ1) is 69.0. The van der Waals surface area contributed by atoms with Gasteiger partial charge in [-0.1, -0.05) is 118 Å². The number of likely N-dealkylation sites (N-methyl/N-ethyl adjacent to an activating group) is 1. The molecule has 3 saturated heterocycles. The molecule has 0 bridgehead atoms. The van der Waals surface area contributed by atoms with Crippen molar-refractivity contribution in [1.29, 1.82) is 0 Å². The molecule has 82 heavy (non-hydrogen) atoms. The largest absolute Gasteiger partial charge is 0.379 e. The van der Waals surface area contributed by atoms with E-state index in [0.717, 1.165) is 146 Å². The van der Waals surface area contributed by atoms with Gasteiger partial charge >= 0.3 is 0 Å². The zero-order chi connectivity index (χ0) is 59.7. The maximum Gasteiger partial charge on any atom is 0.251 e. The summed E-state index contributed by atoms with van der Waals surface area (Å²) in [6, 6.07) is 32.1. The van der Waals surface area contributed by atoms with Gasteiger partial charge in [0.05, 0.1) is 13.2 Å². The summed E-state index contributed by atoms with van der Waals surface area (Å²) in [4.78, 5) is 57.7. The Morgan fingerprint density at radius 1 is 0.378 bits per heavy atom.